The summed E-state index contributed by atoms with van der Waals surface area (Å²) in [5.74, 6) is -2.04. The van der Waals surface area contributed by atoms with E-state index in [0.29, 0.717) is 23.7 Å². The summed E-state index contributed by atoms with van der Waals surface area (Å²) in [7, 11) is 0. The van der Waals surface area contributed by atoms with Gasteiger partial charge in [-0.05, 0) is 78.7 Å². The van der Waals surface area contributed by atoms with Crippen LogP contribution in [-0.2, 0) is 4.79 Å². The second kappa shape index (κ2) is 11.3. The number of nitrogens with zero attached hydrogens (tertiary/aromatic N) is 2. The van der Waals surface area contributed by atoms with Gasteiger partial charge in [0.15, 0.2) is 5.69 Å². The number of benzene rings is 2. The zero-order valence-electron chi connectivity index (χ0n) is 20.7. The van der Waals surface area contributed by atoms with Crippen LogP contribution in [0.5, 0.6) is 0 Å². The quantitative estimate of drug-likeness (QED) is 0.397. The van der Waals surface area contributed by atoms with Gasteiger partial charge in [0, 0.05) is 12.2 Å². The SMILES string of the molecule is Cc1cc(C)cc(N(C(=O)c2snc(C(N)=O)c2N)[C@H](C(=O)NCCC(C)C)c2ccc(F)cc2)c1. The minimum absolute atomic E-state index is 0.0231. The van der Waals surface area contributed by atoms with Crippen molar-refractivity contribution in [3.05, 3.63) is 75.5 Å². The molecule has 8 nitrogen and oxygen atoms in total. The summed E-state index contributed by atoms with van der Waals surface area (Å²) in [6.07, 6.45) is 0.739. The van der Waals surface area contributed by atoms with Crippen LogP contribution < -0.4 is 21.7 Å². The summed E-state index contributed by atoms with van der Waals surface area (Å²) in [6.45, 7) is 8.23. The van der Waals surface area contributed by atoms with Crippen LogP contribution in [0.25, 0.3) is 0 Å². The van der Waals surface area contributed by atoms with Gasteiger partial charge in [0.05, 0.1) is 5.69 Å². The third-order valence-corrected chi connectivity index (χ3v) is 6.42. The van der Waals surface area contributed by atoms with Crippen molar-refractivity contribution in [2.45, 2.75) is 40.2 Å². The summed E-state index contributed by atoms with van der Waals surface area (Å²) in [5, 5.41) is 2.91. The largest absolute Gasteiger partial charge is 0.395 e. The van der Waals surface area contributed by atoms with Crippen LogP contribution in [0, 0.1) is 25.6 Å². The lowest BCUT2D eigenvalue weighted by molar-refractivity contribution is -0.122. The van der Waals surface area contributed by atoms with E-state index in [1.807, 2.05) is 33.8 Å². The first kappa shape index (κ1) is 26.8. The second-order valence-corrected chi connectivity index (χ2v) is 9.86. The Morgan fingerprint density at radius 2 is 1.69 bits per heavy atom. The van der Waals surface area contributed by atoms with Crippen LogP contribution >= 0.6 is 11.5 Å². The third kappa shape index (κ3) is 6.06. The molecule has 3 rings (SSSR count). The number of anilines is 2. The van der Waals surface area contributed by atoms with Crippen molar-refractivity contribution in [1.82, 2.24) is 9.69 Å². The Hall–Kier alpha value is -3.79. The molecule has 2 aromatic carbocycles. The molecule has 1 aromatic heterocycles. The number of amides is 3. The number of nitrogen functional groups attached to an aromatic ring is 1. The molecule has 0 saturated carbocycles. The summed E-state index contributed by atoms with van der Waals surface area (Å²) in [6, 6.07) is 9.74. The first-order valence-corrected chi connectivity index (χ1v) is 12.3. The minimum atomic E-state index is -1.15. The van der Waals surface area contributed by atoms with Crippen LogP contribution in [0.4, 0.5) is 15.8 Å². The van der Waals surface area contributed by atoms with Crippen molar-refractivity contribution in [3.8, 4) is 0 Å². The highest BCUT2D eigenvalue weighted by Gasteiger charge is 2.36. The number of primary amides is 1. The lowest BCUT2D eigenvalue weighted by Crippen LogP contribution is -2.44. The Labute approximate surface area is 213 Å². The highest BCUT2D eigenvalue weighted by Crippen LogP contribution is 2.34. The summed E-state index contributed by atoms with van der Waals surface area (Å²) < 4.78 is 17.7. The predicted molar refractivity (Wildman–Crippen MR) is 139 cm³/mol. The molecule has 10 heteroatoms. The topological polar surface area (TPSA) is 131 Å². The predicted octanol–water partition coefficient (Wildman–Crippen LogP) is 4.13. The molecule has 36 heavy (non-hydrogen) atoms. The number of carbonyl (C=O) groups is 3. The van der Waals surface area contributed by atoms with Gasteiger partial charge in [-0.25, -0.2) is 4.39 Å². The molecular formula is C26H30FN5O3S. The van der Waals surface area contributed by atoms with E-state index >= 15 is 0 Å². The molecule has 0 aliphatic rings. The molecule has 0 radical (unpaired) electrons. The Morgan fingerprint density at radius 1 is 1.08 bits per heavy atom. The summed E-state index contributed by atoms with van der Waals surface area (Å²) in [5.41, 5.74) is 13.7. The molecule has 190 valence electrons. The van der Waals surface area contributed by atoms with E-state index in [1.165, 1.54) is 29.2 Å². The number of aromatic nitrogens is 1. The number of nitrogens with one attached hydrogen (secondary N) is 1. The number of hydrogen-bond donors (Lipinski definition) is 3. The fourth-order valence-corrected chi connectivity index (χ4v) is 4.60. The van der Waals surface area contributed by atoms with Crippen LogP contribution in [0.2, 0.25) is 0 Å². The van der Waals surface area contributed by atoms with Crippen LogP contribution in [0.15, 0.2) is 42.5 Å². The molecule has 0 spiro atoms. The van der Waals surface area contributed by atoms with Gasteiger partial charge in [-0.15, -0.1) is 0 Å². The molecular weight excluding hydrogens is 481 g/mol. The average Bonchev–Trinajstić information content (AvgIpc) is 3.18. The van der Waals surface area contributed by atoms with E-state index in [4.69, 9.17) is 11.5 Å². The fourth-order valence-electron chi connectivity index (χ4n) is 3.86. The summed E-state index contributed by atoms with van der Waals surface area (Å²) in [4.78, 5) is 40.6. The van der Waals surface area contributed by atoms with Gasteiger partial charge in [0.2, 0.25) is 5.91 Å². The van der Waals surface area contributed by atoms with Gasteiger partial charge in [0.1, 0.15) is 16.7 Å². The number of rotatable bonds is 9. The molecule has 1 heterocycles. The van der Waals surface area contributed by atoms with Gasteiger partial charge in [-0.3, -0.25) is 19.3 Å². The number of aryl methyl sites for hydroxylation is 2. The van der Waals surface area contributed by atoms with Gasteiger partial charge >= 0.3 is 0 Å². The Morgan fingerprint density at radius 3 is 2.22 bits per heavy atom. The van der Waals surface area contributed by atoms with Crippen LogP contribution in [0.3, 0.4) is 0 Å². The summed E-state index contributed by atoms with van der Waals surface area (Å²) >= 11 is 0.734. The maximum Gasteiger partial charge on any atom is 0.273 e. The number of hydrogen-bond acceptors (Lipinski definition) is 6. The number of halogens is 1. The third-order valence-electron chi connectivity index (χ3n) is 5.57. The standard InChI is InChI=1S/C26H30FN5O3S/c1-14(2)9-10-30-25(34)22(17-5-7-18(27)8-6-17)32(19-12-15(3)11-16(4)13-19)26(35)23-20(28)21(24(29)33)31-36-23/h5-8,11-14,22H,9-10,28H2,1-4H3,(H2,29,33)(H,30,34)/t22-/m0/s1. The molecule has 3 amide bonds. The molecule has 1 atom stereocenters. The highest BCUT2D eigenvalue weighted by atomic mass is 32.1. The normalized spacial score (nSPS) is 11.8. The van der Waals surface area contributed by atoms with E-state index < -0.39 is 29.6 Å². The van der Waals surface area contributed by atoms with E-state index in [0.717, 1.165) is 29.1 Å². The molecule has 0 unspecified atom stereocenters. The zero-order valence-corrected chi connectivity index (χ0v) is 21.5. The van der Waals surface area contributed by atoms with Gasteiger partial charge in [-0.1, -0.05) is 32.0 Å². The van der Waals surface area contributed by atoms with E-state index in [2.05, 4.69) is 9.69 Å². The molecule has 0 aliphatic heterocycles. The smallest absolute Gasteiger partial charge is 0.273 e. The monoisotopic (exact) mass is 511 g/mol. The lowest BCUT2D eigenvalue weighted by Gasteiger charge is -2.32. The zero-order chi connectivity index (χ0) is 26.6. The molecule has 0 saturated heterocycles. The van der Waals surface area contributed by atoms with Crippen molar-refractivity contribution in [1.29, 1.82) is 0 Å². The van der Waals surface area contributed by atoms with Crippen molar-refractivity contribution in [2.75, 3.05) is 17.2 Å². The van der Waals surface area contributed by atoms with E-state index in [-0.39, 0.29) is 16.3 Å². The minimum Gasteiger partial charge on any atom is -0.395 e. The Bertz CT molecular complexity index is 1250. The van der Waals surface area contributed by atoms with Gasteiger partial charge in [0.25, 0.3) is 11.8 Å². The first-order valence-electron chi connectivity index (χ1n) is 11.5. The van der Waals surface area contributed by atoms with E-state index in [9.17, 15) is 18.8 Å². The Balaban J connectivity index is 2.19. The van der Waals surface area contributed by atoms with Crippen molar-refractivity contribution in [3.63, 3.8) is 0 Å². The molecule has 0 aliphatic carbocycles. The average molecular weight is 512 g/mol. The van der Waals surface area contributed by atoms with Gasteiger partial charge < -0.3 is 16.8 Å². The van der Waals surface area contributed by atoms with Crippen molar-refractivity contribution >= 4 is 40.6 Å². The number of carbonyl (C=O) groups excluding carboxylic acids is 3. The number of nitrogens with two attached hydrogens (primary N) is 2. The van der Waals surface area contributed by atoms with Crippen LogP contribution in [-0.4, -0.2) is 28.6 Å². The second-order valence-electron chi connectivity index (χ2n) is 9.09. The van der Waals surface area contributed by atoms with E-state index in [1.54, 1.807) is 12.1 Å². The van der Waals surface area contributed by atoms with Crippen molar-refractivity contribution in [2.24, 2.45) is 11.7 Å². The van der Waals surface area contributed by atoms with Gasteiger partial charge in [-0.2, -0.15) is 4.37 Å². The maximum absolute atomic E-state index is 14.0. The molecule has 3 aromatic rings. The van der Waals surface area contributed by atoms with Crippen LogP contribution in [0.1, 0.15) is 63.2 Å². The fraction of sp³-hybridized carbons (Fsp3) is 0.308. The first-order chi connectivity index (χ1) is 17.0. The molecule has 5 N–H and O–H groups in total. The molecule has 0 bridgehead atoms. The van der Waals surface area contributed by atoms with Crippen molar-refractivity contribution < 1.29 is 18.8 Å². The maximum atomic E-state index is 14.0. The lowest BCUT2D eigenvalue weighted by atomic mass is 10.0. The molecule has 0 fully saturated rings. The Kier molecular flexibility index (Phi) is 8.41. The highest BCUT2D eigenvalue weighted by molar-refractivity contribution is 7.09.